The number of hydrogen-bond acceptors (Lipinski definition) is 9. The van der Waals surface area contributed by atoms with Gasteiger partial charge in [0.2, 0.25) is 23.6 Å². The molecule has 13 heteroatoms. The Kier molecular flexibility index (Phi) is 8.04. The molecule has 0 spiro atoms. The molecule has 2 saturated heterocycles. The predicted octanol–water partition coefficient (Wildman–Crippen LogP) is 7.42. The van der Waals surface area contributed by atoms with Crippen LogP contribution in [0.25, 0.3) is 20.7 Å². The van der Waals surface area contributed by atoms with Gasteiger partial charge in [-0.1, -0.05) is 41.4 Å². The Morgan fingerprint density at radius 1 is 0.909 bits per heavy atom. The van der Waals surface area contributed by atoms with Crippen LogP contribution in [0.15, 0.2) is 78.4 Å². The molecule has 3 fully saturated rings. The number of phenols is 1. The number of aryl methyl sites for hydroxylation is 2. The molecule has 2 aliphatic heterocycles. The Labute approximate surface area is 325 Å². The van der Waals surface area contributed by atoms with Gasteiger partial charge in [0.1, 0.15) is 28.8 Å². The fourth-order valence-electron chi connectivity index (χ4n) is 9.80. The molecule has 2 aliphatic carbocycles. The highest BCUT2D eigenvalue weighted by Crippen LogP contribution is 2.66. The molecule has 1 N–H and O–H groups in total. The van der Waals surface area contributed by atoms with Crippen LogP contribution < -0.4 is 19.3 Å². The molecule has 3 aromatic carbocycles. The van der Waals surface area contributed by atoms with Crippen molar-refractivity contribution in [1.82, 2.24) is 9.78 Å². The van der Waals surface area contributed by atoms with E-state index in [0.717, 1.165) is 26.1 Å². The largest absolute Gasteiger partial charge is 0.508 e. The van der Waals surface area contributed by atoms with Crippen molar-refractivity contribution >= 4 is 68.2 Å². The first kappa shape index (κ1) is 35.3. The highest BCUT2D eigenvalue weighted by molar-refractivity contribution is 7.22. The zero-order valence-electron chi connectivity index (χ0n) is 30.7. The number of anilines is 2. The van der Waals surface area contributed by atoms with E-state index in [4.69, 9.17) is 26.2 Å². The van der Waals surface area contributed by atoms with Gasteiger partial charge in [-0.15, -0.1) is 11.3 Å². The summed E-state index contributed by atoms with van der Waals surface area (Å²) in [6.07, 6.45) is 2.43. The Bertz CT molecular complexity index is 2500. The number of para-hydroxylation sites is 1. The lowest BCUT2D eigenvalue weighted by molar-refractivity contribution is -0.131. The third kappa shape index (κ3) is 4.90. The van der Waals surface area contributed by atoms with Crippen LogP contribution in [0, 0.1) is 36.0 Å². The van der Waals surface area contributed by atoms with Crippen LogP contribution in [0.4, 0.5) is 11.5 Å². The van der Waals surface area contributed by atoms with E-state index in [0.29, 0.717) is 27.8 Å². The molecule has 55 heavy (non-hydrogen) atoms. The summed E-state index contributed by atoms with van der Waals surface area (Å²) < 4.78 is 14.3. The van der Waals surface area contributed by atoms with E-state index >= 15 is 9.59 Å². The molecular weight excluding hydrogens is 740 g/mol. The third-order valence-corrected chi connectivity index (χ3v) is 13.9. The van der Waals surface area contributed by atoms with E-state index < -0.39 is 46.8 Å². The third-order valence-electron chi connectivity index (χ3n) is 12.3. The van der Waals surface area contributed by atoms with Gasteiger partial charge < -0.3 is 14.6 Å². The lowest BCUT2D eigenvalue weighted by Crippen LogP contribution is -2.49. The van der Waals surface area contributed by atoms with Crippen molar-refractivity contribution in [2.24, 2.45) is 36.1 Å². The van der Waals surface area contributed by atoms with Crippen molar-refractivity contribution in [2.75, 3.05) is 24.0 Å². The average Bonchev–Trinajstić information content (AvgIpc) is 3.85. The van der Waals surface area contributed by atoms with Crippen molar-refractivity contribution in [2.45, 2.75) is 32.6 Å². The second-order valence-corrected chi connectivity index (χ2v) is 16.5. The van der Waals surface area contributed by atoms with Crippen LogP contribution in [0.1, 0.15) is 36.8 Å². The quantitative estimate of drug-likeness (QED) is 0.139. The van der Waals surface area contributed by atoms with Crippen LogP contribution >= 0.6 is 22.9 Å². The highest BCUT2D eigenvalue weighted by Gasteiger charge is 2.68. The van der Waals surface area contributed by atoms with E-state index in [9.17, 15) is 14.7 Å². The number of methoxy groups -OCH3 is 2. The summed E-state index contributed by atoms with van der Waals surface area (Å²) in [5, 5.41) is 17.1. The van der Waals surface area contributed by atoms with Crippen molar-refractivity contribution in [3.05, 3.63) is 94.5 Å². The number of fused-ring (bicyclic) bond motifs is 5. The number of benzene rings is 3. The molecular formula is C42H37ClN4O7S. The highest BCUT2D eigenvalue weighted by atomic mass is 35.5. The van der Waals surface area contributed by atoms with Gasteiger partial charge in [-0.3, -0.25) is 28.8 Å². The van der Waals surface area contributed by atoms with Gasteiger partial charge in [-0.05, 0) is 73.9 Å². The summed E-state index contributed by atoms with van der Waals surface area (Å²) in [6, 6.07) is 19.3. The molecule has 2 aromatic heterocycles. The first-order chi connectivity index (χ1) is 26.4. The van der Waals surface area contributed by atoms with Crippen molar-refractivity contribution in [3.63, 3.8) is 0 Å². The number of amides is 4. The van der Waals surface area contributed by atoms with Crippen LogP contribution in [0.5, 0.6) is 17.2 Å². The Hall–Kier alpha value is -5.46. The van der Waals surface area contributed by atoms with E-state index in [2.05, 4.69) is 0 Å². The van der Waals surface area contributed by atoms with Gasteiger partial charge in [0, 0.05) is 46.5 Å². The van der Waals surface area contributed by atoms with Gasteiger partial charge in [0.05, 0.1) is 48.0 Å². The van der Waals surface area contributed by atoms with Gasteiger partial charge in [-0.2, -0.15) is 5.10 Å². The number of allylic oxidation sites excluding steroid dienone is 2. The number of phenolic OH excluding ortho intramolecular Hbond substituents is 1. The number of carbonyl (C=O) groups is 4. The molecule has 0 radical (unpaired) electrons. The molecule has 0 bridgehead atoms. The maximum Gasteiger partial charge on any atom is 0.242 e. The lowest BCUT2D eigenvalue weighted by Gasteiger charge is -2.49. The Balaban J connectivity index is 1.20. The number of imide groups is 2. The summed E-state index contributed by atoms with van der Waals surface area (Å²) in [5.41, 5.74) is 1.96. The van der Waals surface area contributed by atoms with Crippen LogP contribution in [0.3, 0.4) is 0 Å². The number of ether oxygens (including phenoxy) is 2. The number of carbonyl (C=O) groups excluding carboxylic acids is 4. The normalized spacial score (nSPS) is 26.0. The number of rotatable bonds is 6. The van der Waals surface area contributed by atoms with E-state index in [-0.39, 0.29) is 41.9 Å². The second-order valence-electron chi connectivity index (χ2n) is 15.0. The maximum absolute atomic E-state index is 15.3. The average molecular weight is 777 g/mol. The smallest absolute Gasteiger partial charge is 0.242 e. The number of aromatic nitrogens is 2. The van der Waals surface area contributed by atoms with Crippen molar-refractivity contribution in [3.8, 4) is 27.8 Å². The molecule has 4 heterocycles. The first-order valence-electron chi connectivity index (χ1n) is 18.1. The predicted molar refractivity (Wildman–Crippen MR) is 209 cm³/mol. The fourth-order valence-corrected chi connectivity index (χ4v) is 11.1. The molecule has 6 atom stereocenters. The molecule has 280 valence electrons. The van der Waals surface area contributed by atoms with Crippen LogP contribution in [-0.4, -0.2) is 52.7 Å². The zero-order valence-corrected chi connectivity index (χ0v) is 32.3. The summed E-state index contributed by atoms with van der Waals surface area (Å²) >= 11 is 7.88. The first-order valence-corrected chi connectivity index (χ1v) is 19.3. The van der Waals surface area contributed by atoms with Gasteiger partial charge in [0.25, 0.3) is 0 Å². The van der Waals surface area contributed by atoms with Crippen molar-refractivity contribution in [1.29, 1.82) is 0 Å². The van der Waals surface area contributed by atoms with Gasteiger partial charge >= 0.3 is 0 Å². The minimum Gasteiger partial charge on any atom is -0.508 e. The molecule has 11 nitrogen and oxygen atoms in total. The van der Waals surface area contributed by atoms with Crippen molar-refractivity contribution < 1.29 is 33.8 Å². The molecule has 4 amide bonds. The number of aromatic hydroxyl groups is 1. The zero-order chi connectivity index (χ0) is 38.7. The molecule has 5 aromatic rings. The summed E-state index contributed by atoms with van der Waals surface area (Å²) in [7, 11) is 4.64. The van der Waals surface area contributed by atoms with Gasteiger partial charge in [0.15, 0.2) is 0 Å². The number of halogens is 1. The van der Waals surface area contributed by atoms with Crippen LogP contribution in [0.2, 0.25) is 5.02 Å². The number of thiophene rings is 1. The Morgan fingerprint density at radius 3 is 2.31 bits per heavy atom. The SMILES string of the molecule is COc1cc(O)cc(OC)c1[C@H]1C2=CC[C@@H]3C(=O)N(c4ccccc4)C(=O)[C@@H]3[C@@H]2C[C@H]2C(=O)N(c3cc(-c4sc5ccc(Cl)cc5c4C)nn3C)C(=O)[C@@]12C. The minimum absolute atomic E-state index is 0.101. The second kappa shape index (κ2) is 12.5. The van der Waals surface area contributed by atoms with E-state index in [1.807, 2.05) is 37.3 Å². The molecule has 9 rings (SSSR count). The fraction of sp³-hybridized carbons (Fsp3) is 0.310. The molecule has 4 aliphatic rings. The molecule has 1 saturated carbocycles. The van der Waals surface area contributed by atoms with E-state index in [1.54, 1.807) is 60.3 Å². The Morgan fingerprint density at radius 2 is 1.62 bits per heavy atom. The van der Waals surface area contributed by atoms with E-state index in [1.165, 1.54) is 36.2 Å². The number of hydrogen-bond donors (Lipinski definition) is 1. The topological polar surface area (TPSA) is 131 Å². The maximum atomic E-state index is 15.3. The minimum atomic E-state index is -1.39. The summed E-state index contributed by atoms with van der Waals surface area (Å²) in [5.74, 6) is -4.34. The summed E-state index contributed by atoms with van der Waals surface area (Å²) in [4.78, 5) is 62.1. The van der Waals surface area contributed by atoms with Crippen LogP contribution in [-0.2, 0) is 26.2 Å². The number of nitrogens with zero attached hydrogens (tertiary/aromatic N) is 4. The van der Waals surface area contributed by atoms with Gasteiger partial charge in [-0.25, -0.2) is 4.90 Å². The molecule has 0 unspecified atom stereocenters. The monoisotopic (exact) mass is 776 g/mol. The standard InChI is InChI=1S/C42H37ClN4O7S/c1-20-26-15-21(43)11-14-32(26)55-37(20)29-19-33(45(3)44-29)47-39(50)28-18-27-24(12-13-25-34(27)40(51)46(38(25)49)22-9-7-6-8-10-22)36(42(28,2)41(47)52)35-30(53-4)16-23(48)17-31(35)54-5/h6-12,14-17,19,25,27-28,34,36,48H,13,18H2,1-5H3/t25-,27+,28-,34-,36+,42+/m0/s1. The lowest BCUT2D eigenvalue weighted by atomic mass is 9.51. The summed E-state index contributed by atoms with van der Waals surface area (Å²) in [6.45, 7) is 3.80.